The van der Waals surface area contributed by atoms with Gasteiger partial charge in [0, 0.05) is 5.41 Å². The number of sulfonamides is 1. The van der Waals surface area contributed by atoms with Crippen molar-refractivity contribution >= 4 is 37.2 Å². The number of sulfone groups is 1. The molecular formula is C9H9NO6S3. The topological polar surface area (TPSA) is 118 Å². The Kier molecular flexibility index (Phi) is 3.51. The number of hydrogen-bond donors (Lipinski definition) is 2. The Balaban J connectivity index is 2.27. The number of aromatic carboxylic acids is 1. The van der Waals surface area contributed by atoms with E-state index in [0.29, 0.717) is 0 Å². The SMILES string of the molecule is O=C(O)c1sccc1S(=O)(=O)NC1C=CS(=O)(=O)C1. The van der Waals surface area contributed by atoms with Gasteiger partial charge in [-0.1, -0.05) is 6.08 Å². The van der Waals surface area contributed by atoms with Gasteiger partial charge in [0.15, 0.2) is 9.84 Å². The molecule has 104 valence electrons. The molecule has 2 rings (SSSR count). The maximum Gasteiger partial charge on any atom is 0.347 e. The Morgan fingerprint density at radius 1 is 1.47 bits per heavy atom. The van der Waals surface area contributed by atoms with E-state index >= 15 is 0 Å². The molecule has 1 aliphatic heterocycles. The molecule has 0 bridgehead atoms. The summed E-state index contributed by atoms with van der Waals surface area (Å²) in [5.74, 6) is -1.70. The van der Waals surface area contributed by atoms with Crippen LogP contribution in [0.25, 0.3) is 0 Å². The van der Waals surface area contributed by atoms with Gasteiger partial charge < -0.3 is 5.11 Å². The molecule has 2 N–H and O–H groups in total. The van der Waals surface area contributed by atoms with E-state index in [4.69, 9.17) is 5.11 Å². The minimum atomic E-state index is -4.06. The summed E-state index contributed by atoms with van der Waals surface area (Å²) in [7, 11) is -7.45. The first-order valence-corrected chi connectivity index (χ1v) is 9.03. The van der Waals surface area contributed by atoms with Crippen molar-refractivity contribution in [1.82, 2.24) is 4.72 Å². The van der Waals surface area contributed by atoms with Gasteiger partial charge in [-0.25, -0.2) is 26.4 Å². The van der Waals surface area contributed by atoms with Crippen molar-refractivity contribution in [1.29, 1.82) is 0 Å². The monoisotopic (exact) mass is 323 g/mol. The minimum Gasteiger partial charge on any atom is -0.477 e. The number of hydrogen-bond acceptors (Lipinski definition) is 6. The Morgan fingerprint density at radius 2 is 2.16 bits per heavy atom. The van der Waals surface area contributed by atoms with Gasteiger partial charge in [-0.3, -0.25) is 0 Å². The molecule has 7 nitrogen and oxygen atoms in total. The predicted molar refractivity (Wildman–Crippen MR) is 68.3 cm³/mol. The lowest BCUT2D eigenvalue weighted by Crippen LogP contribution is -2.35. The van der Waals surface area contributed by atoms with E-state index in [1.165, 1.54) is 17.5 Å². The van der Waals surface area contributed by atoms with Crippen molar-refractivity contribution in [2.45, 2.75) is 10.9 Å². The third-order valence-corrected chi connectivity index (χ3v) is 6.31. The molecule has 1 aliphatic rings. The Hall–Kier alpha value is -1.23. The van der Waals surface area contributed by atoms with Crippen molar-refractivity contribution in [3.05, 3.63) is 27.8 Å². The van der Waals surface area contributed by atoms with Gasteiger partial charge in [0.25, 0.3) is 0 Å². The van der Waals surface area contributed by atoms with Crippen molar-refractivity contribution in [3.8, 4) is 0 Å². The smallest absolute Gasteiger partial charge is 0.347 e. The fourth-order valence-corrected chi connectivity index (χ4v) is 5.37. The first-order valence-electron chi connectivity index (χ1n) is 4.95. The largest absolute Gasteiger partial charge is 0.477 e. The summed E-state index contributed by atoms with van der Waals surface area (Å²) < 4.78 is 48.5. The third kappa shape index (κ3) is 3.03. The van der Waals surface area contributed by atoms with Crippen LogP contribution in [0.3, 0.4) is 0 Å². The molecule has 1 aromatic heterocycles. The summed E-state index contributed by atoms with van der Waals surface area (Å²) in [6.45, 7) is 0. The van der Waals surface area contributed by atoms with Gasteiger partial charge >= 0.3 is 5.97 Å². The van der Waals surface area contributed by atoms with Crippen LogP contribution in [0.2, 0.25) is 0 Å². The second-order valence-electron chi connectivity index (χ2n) is 3.80. The van der Waals surface area contributed by atoms with E-state index in [0.717, 1.165) is 16.7 Å². The first-order chi connectivity index (χ1) is 8.71. The van der Waals surface area contributed by atoms with Crippen LogP contribution in [0.4, 0.5) is 0 Å². The Bertz CT molecular complexity index is 743. The van der Waals surface area contributed by atoms with E-state index in [1.807, 2.05) is 0 Å². The zero-order chi connectivity index (χ0) is 14.3. The van der Waals surface area contributed by atoms with E-state index in [9.17, 15) is 21.6 Å². The molecule has 0 radical (unpaired) electrons. The van der Waals surface area contributed by atoms with Gasteiger partial charge in [-0.15, -0.1) is 11.3 Å². The maximum absolute atomic E-state index is 12.0. The summed E-state index contributed by atoms with van der Waals surface area (Å²) in [6, 6.07) is 0.292. The Labute approximate surface area is 113 Å². The molecular weight excluding hydrogens is 314 g/mol. The quantitative estimate of drug-likeness (QED) is 0.807. The van der Waals surface area contributed by atoms with Crippen LogP contribution in [-0.2, 0) is 19.9 Å². The highest BCUT2D eigenvalue weighted by Gasteiger charge is 2.29. The highest BCUT2D eigenvalue weighted by Crippen LogP contribution is 2.22. The summed E-state index contributed by atoms with van der Waals surface area (Å²) in [4.78, 5) is 10.2. The minimum absolute atomic E-state index is 0.308. The van der Waals surface area contributed by atoms with Crippen LogP contribution in [-0.4, -0.2) is 39.7 Å². The molecule has 19 heavy (non-hydrogen) atoms. The number of carboxylic acid groups (broad SMARTS) is 1. The molecule has 2 heterocycles. The molecule has 1 aromatic rings. The molecule has 1 atom stereocenters. The second-order valence-corrected chi connectivity index (χ2v) is 8.33. The number of nitrogens with one attached hydrogen (secondary N) is 1. The lowest BCUT2D eigenvalue weighted by atomic mass is 10.4. The molecule has 0 saturated heterocycles. The zero-order valence-electron chi connectivity index (χ0n) is 9.31. The summed E-state index contributed by atoms with van der Waals surface area (Å²) >= 11 is 0.787. The van der Waals surface area contributed by atoms with Crippen LogP contribution < -0.4 is 4.72 Å². The number of carboxylic acids is 1. The van der Waals surface area contributed by atoms with Crippen molar-refractivity contribution in [2.75, 3.05) is 5.75 Å². The summed E-state index contributed by atoms with van der Waals surface area (Å²) in [5, 5.41) is 11.2. The normalized spacial score (nSPS) is 21.6. The Morgan fingerprint density at radius 3 is 2.68 bits per heavy atom. The van der Waals surface area contributed by atoms with Crippen molar-refractivity contribution in [3.63, 3.8) is 0 Å². The lowest BCUT2D eigenvalue weighted by Gasteiger charge is -2.10. The van der Waals surface area contributed by atoms with Crippen LogP contribution in [0, 0.1) is 0 Å². The van der Waals surface area contributed by atoms with Gasteiger partial charge in [0.1, 0.15) is 9.77 Å². The van der Waals surface area contributed by atoms with E-state index in [-0.39, 0.29) is 15.5 Å². The highest BCUT2D eigenvalue weighted by atomic mass is 32.2. The van der Waals surface area contributed by atoms with Gasteiger partial charge in [-0.05, 0) is 11.4 Å². The summed E-state index contributed by atoms with van der Waals surface area (Å²) in [5.41, 5.74) is 0. The molecule has 0 fully saturated rings. The summed E-state index contributed by atoms with van der Waals surface area (Å²) in [6.07, 6.45) is 1.22. The van der Waals surface area contributed by atoms with Gasteiger partial charge in [0.2, 0.25) is 10.0 Å². The average Bonchev–Trinajstić information content (AvgIpc) is 2.84. The molecule has 0 aliphatic carbocycles. The van der Waals surface area contributed by atoms with Crippen LogP contribution in [0.5, 0.6) is 0 Å². The lowest BCUT2D eigenvalue weighted by molar-refractivity contribution is 0.0698. The van der Waals surface area contributed by atoms with E-state index < -0.39 is 31.9 Å². The number of carbonyl (C=O) groups is 1. The number of rotatable bonds is 4. The van der Waals surface area contributed by atoms with Crippen LogP contribution in [0.1, 0.15) is 9.67 Å². The molecule has 0 spiro atoms. The van der Waals surface area contributed by atoms with Gasteiger partial charge in [0.05, 0.1) is 11.8 Å². The first kappa shape index (κ1) is 14.2. The van der Waals surface area contributed by atoms with Crippen LogP contribution in [0.15, 0.2) is 27.8 Å². The van der Waals surface area contributed by atoms with Crippen molar-refractivity contribution < 1.29 is 26.7 Å². The predicted octanol–water partition coefficient (Wildman–Crippen LogP) is 0.0353. The van der Waals surface area contributed by atoms with Crippen LogP contribution >= 0.6 is 11.3 Å². The maximum atomic E-state index is 12.0. The van der Waals surface area contributed by atoms with Crippen molar-refractivity contribution in [2.24, 2.45) is 0 Å². The van der Waals surface area contributed by atoms with E-state index in [1.54, 1.807) is 0 Å². The fraction of sp³-hybridized carbons (Fsp3) is 0.222. The molecule has 10 heteroatoms. The highest BCUT2D eigenvalue weighted by molar-refractivity contribution is 7.94. The molecule has 1 unspecified atom stereocenters. The second kappa shape index (κ2) is 4.71. The van der Waals surface area contributed by atoms with Gasteiger partial charge in [-0.2, -0.15) is 0 Å². The fourth-order valence-electron chi connectivity index (χ4n) is 1.58. The third-order valence-electron chi connectivity index (χ3n) is 2.35. The van der Waals surface area contributed by atoms with E-state index in [2.05, 4.69) is 4.72 Å². The number of thiophene rings is 1. The standard InChI is InChI=1S/C9H9NO6S3/c11-9(12)8-7(1-3-17-8)19(15,16)10-6-2-4-18(13,14)5-6/h1-4,6,10H,5H2,(H,11,12). The zero-order valence-corrected chi connectivity index (χ0v) is 11.8. The molecule has 0 aromatic carbocycles. The molecule has 0 amide bonds. The molecule has 0 saturated carbocycles. The average molecular weight is 323 g/mol.